The minimum atomic E-state index is -0.489. The number of nitrogens with zero attached hydrogens (tertiary/aromatic N) is 3. The van der Waals surface area contributed by atoms with Gasteiger partial charge >= 0.3 is 6.01 Å². The molecule has 0 saturated carbocycles. The van der Waals surface area contributed by atoms with Crippen LogP contribution in [0.1, 0.15) is 39.5 Å². The average Bonchev–Trinajstić information content (AvgIpc) is 2.51. The quantitative estimate of drug-likeness (QED) is 0.837. The van der Waals surface area contributed by atoms with Gasteiger partial charge in [0.15, 0.2) is 5.82 Å². The van der Waals surface area contributed by atoms with Gasteiger partial charge in [-0.3, -0.25) is 4.79 Å². The predicted molar refractivity (Wildman–Crippen MR) is 76.3 cm³/mol. The van der Waals surface area contributed by atoms with Gasteiger partial charge in [0.25, 0.3) is 0 Å². The van der Waals surface area contributed by atoms with Crippen LogP contribution in [-0.2, 0) is 4.79 Å². The van der Waals surface area contributed by atoms with Crippen molar-refractivity contribution in [3.8, 4) is 6.01 Å². The maximum absolute atomic E-state index is 12.8. The van der Waals surface area contributed by atoms with Gasteiger partial charge in [0.1, 0.15) is 6.10 Å². The van der Waals surface area contributed by atoms with Crippen LogP contribution < -0.4 is 4.74 Å². The van der Waals surface area contributed by atoms with E-state index in [0.717, 1.165) is 44.6 Å². The van der Waals surface area contributed by atoms with Crippen molar-refractivity contribution < 1.29 is 13.9 Å². The molecule has 1 aromatic heterocycles. The second-order valence-electron chi connectivity index (χ2n) is 5.36. The molecule has 2 rings (SSSR count). The third kappa shape index (κ3) is 4.12. The Bertz CT molecular complexity index is 462. The summed E-state index contributed by atoms with van der Waals surface area (Å²) in [6.45, 7) is 5.41. The molecule has 6 heteroatoms. The number of halogens is 1. The highest BCUT2D eigenvalue weighted by molar-refractivity contribution is 5.78. The average molecular weight is 295 g/mol. The molecule has 1 amide bonds. The van der Waals surface area contributed by atoms with Crippen molar-refractivity contribution in [3.05, 3.63) is 18.2 Å². The molecule has 1 aliphatic rings. The van der Waals surface area contributed by atoms with Gasteiger partial charge in [-0.1, -0.05) is 13.8 Å². The predicted octanol–water partition coefficient (Wildman–Crippen LogP) is 2.42. The lowest BCUT2D eigenvalue weighted by atomic mass is 9.99. The minimum Gasteiger partial charge on any atom is -0.458 e. The Morgan fingerprint density at radius 2 is 2.10 bits per heavy atom. The SMILES string of the molecule is CCC(CC)C(=O)N1CCCC(Oc2ncc(F)cn2)C1. The van der Waals surface area contributed by atoms with Gasteiger partial charge in [0.05, 0.1) is 18.9 Å². The van der Waals surface area contributed by atoms with Crippen molar-refractivity contribution >= 4 is 5.91 Å². The maximum Gasteiger partial charge on any atom is 0.316 e. The molecule has 21 heavy (non-hydrogen) atoms. The molecule has 1 atom stereocenters. The highest BCUT2D eigenvalue weighted by Gasteiger charge is 2.28. The van der Waals surface area contributed by atoms with E-state index in [-0.39, 0.29) is 23.9 Å². The molecule has 0 spiro atoms. The summed E-state index contributed by atoms with van der Waals surface area (Å²) in [6.07, 6.45) is 5.51. The molecule has 0 bridgehead atoms. The molecule has 0 aliphatic carbocycles. The topological polar surface area (TPSA) is 55.3 Å². The summed E-state index contributed by atoms with van der Waals surface area (Å²) in [5, 5.41) is 0. The number of carbonyl (C=O) groups excluding carboxylic acids is 1. The summed E-state index contributed by atoms with van der Waals surface area (Å²) >= 11 is 0. The first-order chi connectivity index (χ1) is 10.1. The van der Waals surface area contributed by atoms with E-state index in [4.69, 9.17) is 4.74 Å². The highest BCUT2D eigenvalue weighted by Crippen LogP contribution is 2.19. The van der Waals surface area contributed by atoms with Crippen LogP contribution in [0.3, 0.4) is 0 Å². The fourth-order valence-corrected chi connectivity index (χ4v) is 2.64. The zero-order valence-electron chi connectivity index (χ0n) is 12.6. The largest absolute Gasteiger partial charge is 0.458 e. The van der Waals surface area contributed by atoms with Crippen molar-refractivity contribution in [1.82, 2.24) is 14.9 Å². The minimum absolute atomic E-state index is 0.0887. The molecule has 1 aliphatic heterocycles. The van der Waals surface area contributed by atoms with Crippen molar-refractivity contribution in [3.63, 3.8) is 0 Å². The Kier molecular flexibility index (Phi) is 5.47. The second-order valence-corrected chi connectivity index (χ2v) is 5.36. The molecule has 0 aromatic carbocycles. The van der Waals surface area contributed by atoms with E-state index in [9.17, 15) is 9.18 Å². The zero-order valence-corrected chi connectivity index (χ0v) is 12.6. The maximum atomic E-state index is 12.8. The summed E-state index contributed by atoms with van der Waals surface area (Å²) < 4.78 is 18.4. The van der Waals surface area contributed by atoms with Gasteiger partial charge < -0.3 is 9.64 Å². The van der Waals surface area contributed by atoms with Crippen LogP contribution in [0, 0.1) is 11.7 Å². The third-order valence-electron chi connectivity index (χ3n) is 3.89. The Labute approximate surface area is 124 Å². The van der Waals surface area contributed by atoms with Crippen LogP contribution in [0.15, 0.2) is 12.4 Å². The van der Waals surface area contributed by atoms with E-state index < -0.39 is 5.82 Å². The third-order valence-corrected chi connectivity index (χ3v) is 3.89. The number of amides is 1. The first kappa shape index (κ1) is 15.7. The molecule has 2 heterocycles. The Balaban J connectivity index is 1.94. The number of rotatable bonds is 5. The number of likely N-dealkylation sites (tertiary alicyclic amines) is 1. The molecule has 1 saturated heterocycles. The molecule has 0 radical (unpaired) electrons. The molecule has 1 aromatic rings. The van der Waals surface area contributed by atoms with E-state index in [1.807, 2.05) is 18.7 Å². The summed E-state index contributed by atoms with van der Waals surface area (Å²) in [5.74, 6) is -0.198. The number of carbonyl (C=O) groups is 1. The first-order valence-electron chi connectivity index (χ1n) is 7.57. The lowest BCUT2D eigenvalue weighted by Crippen LogP contribution is -2.46. The van der Waals surface area contributed by atoms with Crippen molar-refractivity contribution in [2.75, 3.05) is 13.1 Å². The Morgan fingerprint density at radius 1 is 1.43 bits per heavy atom. The molecule has 1 unspecified atom stereocenters. The van der Waals surface area contributed by atoms with Gasteiger partial charge in [-0.15, -0.1) is 0 Å². The summed E-state index contributed by atoms with van der Waals surface area (Å²) in [6, 6.07) is 0.165. The zero-order chi connectivity index (χ0) is 15.2. The summed E-state index contributed by atoms with van der Waals surface area (Å²) in [7, 11) is 0. The lowest BCUT2D eigenvalue weighted by Gasteiger charge is -2.34. The first-order valence-corrected chi connectivity index (χ1v) is 7.57. The van der Waals surface area contributed by atoms with E-state index in [1.165, 1.54) is 0 Å². The normalized spacial score (nSPS) is 18.9. The van der Waals surface area contributed by atoms with Crippen LogP contribution in [0.4, 0.5) is 4.39 Å². The Morgan fingerprint density at radius 3 is 2.71 bits per heavy atom. The Hall–Kier alpha value is -1.72. The second kappa shape index (κ2) is 7.33. The lowest BCUT2D eigenvalue weighted by molar-refractivity contribution is -0.138. The van der Waals surface area contributed by atoms with Crippen molar-refractivity contribution in [2.24, 2.45) is 5.92 Å². The number of piperidine rings is 1. The van der Waals surface area contributed by atoms with Gasteiger partial charge in [-0.2, -0.15) is 0 Å². The molecule has 0 N–H and O–H groups in total. The van der Waals surface area contributed by atoms with E-state index in [1.54, 1.807) is 0 Å². The molecule has 1 fully saturated rings. The molecule has 116 valence electrons. The van der Waals surface area contributed by atoms with Crippen molar-refractivity contribution in [1.29, 1.82) is 0 Å². The smallest absolute Gasteiger partial charge is 0.316 e. The highest BCUT2D eigenvalue weighted by atomic mass is 19.1. The van der Waals surface area contributed by atoms with Crippen LogP contribution in [-0.4, -0.2) is 40.0 Å². The molecular formula is C15H22FN3O2. The monoisotopic (exact) mass is 295 g/mol. The van der Waals surface area contributed by atoms with E-state index >= 15 is 0 Å². The van der Waals surface area contributed by atoms with Crippen LogP contribution in [0.5, 0.6) is 6.01 Å². The number of hydrogen-bond donors (Lipinski definition) is 0. The number of aromatic nitrogens is 2. The van der Waals surface area contributed by atoms with Gasteiger partial charge in [0.2, 0.25) is 5.91 Å². The summed E-state index contributed by atoms with van der Waals surface area (Å²) in [4.78, 5) is 21.9. The van der Waals surface area contributed by atoms with E-state index in [2.05, 4.69) is 9.97 Å². The van der Waals surface area contributed by atoms with Crippen LogP contribution >= 0.6 is 0 Å². The standard InChI is InChI=1S/C15H22FN3O2/c1-3-11(4-2)14(20)19-7-5-6-13(10-19)21-15-17-8-12(16)9-18-15/h8-9,11,13H,3-7,10H2,1-2H3. The van der Waals surface area contributed by atoms with Gasteiger partial charge in [-0.25, -0.2) is 14.4 Å². The molecule has 5 nitrogen and oxygen atoms in total. The van der Waals surface area contributed by atoms with Crippen LogP contribution in [0.2, 0.25) is 0 Å². The molecular weight excluding hydrogens is 273 g/mol. The van der Waals surface area contributed by atoms with Gasteiger partial charge in [-0.05, 0) is 25.7 Å². The van der Waals surface area contributed by atoms with Gasteiger partial charge in [0, 0.05) is 12.5 Å². The van der Waals surface area contributed by atoms with Crippen molar-refractivity contribution in [2.45, 2.75) is 45.6 Å². The van der Waals surface area contributed by atoms with Crippen LogP contribution in [0.25, 0.3) is 0 Å². The number of hydrogen-bond acceptors (Lipinski definition) is 4. The summed E-state index contributed by atoms with van der Waals surface area (Å²) in [5.41, 5.74) is 0. The number of ether oxygens (including phenoxy) is 1. The van der Waals surface area contributed by atoms with E-state index in [0.29, 0.717) is 6.54 Å². The fourth-order valence-electron chi connectivity index (χ4n) is 2.64. The fraction of sp³-hybridized carbons (Fsp3) is 0.667.